The number of carbonyl (C=O) groups excluding carboxylic acids is 2. The van der Waals surface area contributed by atoms with Gasteiger partial charge >= 0.3 is 5.97 Å². The lowest BCUT2D eigenvalue weighted by Crippen LogP contribution is -2.09. The summed E-state index contributed by atoms with van der Waals surface area (Å²) in [6.07, 6.45) is 1.26. The maximum absolute atomic E-state index is 12.9. The Kier molecular flexibility index (Phi) is 5.56. The molecule has 0 atom stereocenters. The number of furan rings is 1. The number of phenols is 1. The lowest BCUT2D eigenvalue weighted by atomic mass is 9.96. The molecule has 0 saturated carbocycles. The number of ketones is 1. The summed E-state index contributed by atoms with van der Waals surface area (Å²) in [4.78, 5) is 24.0. The first-order valence-corrected chi connectivity index (χ1v) is 10.2. The van der Waals surface area contributed by atoms with Crippen LogP contribution in [0.3, 0.4) is 0 Å². The van der Waals surface area contributed by atoms with Gasteiger partial charge in [0.25, 0.3) is 0 Å². The third kappa shape index (κ3) is 3.93. The average molecular weight is 414 g/mol. The molecular weight excluding hydrogens is 396 g/mol. The van der Waals surface area contributed by atoms with Crippen LogP contribution in [0.4, 0.5) is 0 Å². The van der Waals surface area contributed by atoms with Gasteiger partial charge in [0.2, 0.25) is 0 Å². The van der Waals surface area contributed by atoms with Gasteiger partial charge in [-0.2, -0.15) is 0 Å². The molecule has 29 heavy (non-hydrogen) atoms. The summed E-state index contributed by atoms with van der Waals surface area (Å²) in [7, 11) is -2.60. The fraction of sp³-hybridized carbons (Fsp3) is 0.143. The molecule has 0 fully saturated rings. The molecule has 0 aliphatic heterocycles. The molecule has 1 heterocycles. The molecule has 0 aliphatic rings. The summed E-state index contributed by atoms with van der Waals surface area (Å²) in [6, 6.07) is 12.0. The topological polar surface area (TPSA) is 111 Å². The minimum absolute atomic E-state index is 0.0337. The molecular formula is C21H18O7S. The van der Waals surface area contributed by atoms with Crippen molar-refractivity contribution in [2.24, 2.45) is 0 Å². The summed E-state index contributed by atoms with van der Waals surface area (Å²) in [6.45, 7) is 1.28. The zero-order valence-electron chi connectivity index (χ0n) is 15.7. The van der Waals surface area contributed by atoms with Crippen molar-refractivity contribution in [2.75, 3.05) is 7.11 Å². The van der Waals surface area contributed by atoms with Crippen LogP contribution in [0.25, 0.3) is 11.1 Å². The van der Waals surface area contributed by atoms with E-state index in [0.717, 1.165) is 7.11 Å². The first-order chi connectivity index (χ1) is 13.8. The van der Waals surface area contributed by atoms with E-state index < -0.39 is 33.1 Å². The summed E-state index contributed by atoms with van der Waals surface area (Å²) >= 11 is 0. The molecule has 7 nitrogen and oxygen atoms in total. The smallest absolute Gasteiger partial charge is 0.341 e. The van der Waals surface area contributed by atoms with Crippen molar-refractivity contribution in [3.05, 3.63) is 71.7 Å². The molecule has 150 valence electrons. The monoisotopic (exact) mass is 414 g/mol. The van der Waals surface area contributed by atoms with Crippen LogP contribution in [0.15, 0.2) is 64.1 Å². The summed E-state index contributed by atoms with van der Waals surface area (Å²) in [5.41, 5.74) is 0.285. The lowest BCUT2D eigenvalue weighted by molar-refractivity contribution is 0.0597. The maximum Gasteiger partial charge on any atom is 0.341 e. The van der Waals surface area contributed by atoms with E-state index in [4.69, 9.17) is 4.42 Å². The first kappa shape index (κ1) is 20.3. The van der Waals surface area contributed by atoms with Crippen LogP contribution in [-0.4, -0.2) is 32.4 Å². The molecule has 1 aromatic heterocycles. The third-order valence-electron chi connectivity index (χ3n) is 4.37. The molecule has 0 bridgehead atoms. The van der Waals surface area contributed by atoms with Crippen LogP contribution in [-0.2, 0) is 20.3 Å². The fourth-order valence-electron chi connectivity index (χ4n) is 3.02. The fourth-order valence-corrected chi connectivity index (χ4v) is 4.41. The second-order valence-electron chi connectivity index (χ2n) is 6.28. The first-order valence-electron chi connectivity index (χ1n) is 8.56. The van der Waals surface area contributed by atoms with Gasteiger partial charge in [0, 0.05) is 18.1 Å². The van der Waals surface area contributed by atoms with Crippen LogP contribution < -0.4 is 0 Å². The SMILES string of the molecule is COC(=O)c1ccc(CS(=O)(=O)c2ccccc2)c(-c2ccoc2C(C)=O)c1O. The van der Waals surface area contributed by atoms with E-state index in [1.54, 1.807) is 18.2 Å². The maximum atomic E-state index is 12.9. The number of Topliss-reactive ketones (excluding diaryl/α,β-unsaturated/α-hetero) is 1. The zero-order valence-corrected chi connectivity index (χ0v) is 16.5. The molecule has 0 radical (unpaired) electrons. The Bertz CT molecular complexity index is 1170. The van der Waals surface area contributed by atoms with Crippen LogP contribution in [0.2, 0.25) is 0 Å². The summed E-state index contributed by atoms with van der Waals surface area (Å²) in [5.74, 6) is -2.20. The van der Waals surface area contributed by atoms with Crippen molar-refractivity contribution in [1.29, 1.82) is 0 Å². The Morgan fingerprint density at radius 2 is 1.76 bits per heavy atom. The van der Waals surface area contributed by atoms with Crippen molar-refractivity contribution in [3.63, 3.8) is 0 Å². The van der Waals surface area contributed by atoms with Crippen LogP contribution in [0.1, 0.15) is 33.4 Å². The predicted octanol–water partition coefficient (Wildman–Crippen LogP) is 3.62. The number of hydrogen-bond donors (Lipinski definition) is 1. The predicted molar refractivity (Wildman–Crippen MR) is 104 cm³/mol. The standard InChI is InChI=1S/C21H18O7S/c1-13(22)20-16(10-11-28-20)18-14(8-9-17(19(18)23)21(24)27-2)12-29(25,26)15-6-4-3-5-7-15/h3-11,23H,12H2,1-2H3. The molecule has 0 amide bonds. The highest BCUT2D eigenvalue weighted by Crippen LogP contribution is 2.39. The van der Waals surface area contributed by atoms with E-state index >= 15 is 0 Å². The van der Waals surface area contributed by atoms with Crippen LogP contribution in [0, 0.1) is 0 Å². The van der Waals surface area contributed by atoms with Crippen molar-refractivity contribution < 1.29 is 32.3 Å². The van der Waals surface area contributed by atoms with Gasteiger partial charge in [0.1, 0.15) is 11.3 Å². The van der Waals surface area contributed by atoms with Gasteiger partial charge in [-0.3, -0.25) is 4.79 Å². The van der Waals surface area contributed by atoms with E-state index in [0.29, 0.717) is 0 Å². The molecule has 0 aliphatic carbocycles. The molecule has 0 unspecified atom stereocenters. The van der Waals surface area contributed by atoms with Gasteiger partial charge < -0.3 is 14.3 Å². The highest BCUT2D eigenvalue weighted by Gasteiger charge is 2.26. The van der Waals surface area contributed by atoms with E-state index in [2.05, 4.69) is 4.74 Å². The van der Waals surface area contributed by atoms with Gasteiger partial charge in [-0.25, -0.2) is 13.2 Å². The quantitative estimate of drug-likeness (QED) is 0.484. The second-order valence-corrected chi connectivity index (χ2v) is 8.27. The molecule has 0 spiro atoms. The molecule has 3 rings (SSSR count). The van der Waals surface area contributed by atoms with Crippen LogP contribution >= 0.6 is 0 Å². The molecule has 3 aromatic rings. The van der Waals surface area contributed by atoms with E-state index in [-0.39, 0.29) is 32.9 Å². The number of rotatable bonds is 6. The highest BCUT2D eigenvalue weighted by atomic mass is 32.2. The number of benzene rings is 2. The number of esters is 1. The number of sulfone groups is 1. The number of hydrogen-bond acceptors (Lipinski definition) is 7. The normalized spacial score (nSPS) is 11.2. The van der Waals surface area contributed by atoms with Crippen molar-refractivity contribution in [1.82, 2.24) is 0 Å². The highest BCUT2D eigenvalue weighted by molar-refractivity contribution is 7.90. The number of carbonyl (C=O) groups is 2. The van der Waals surface area contributed by atoms with Crippen molar-refractivity contribution >= 4 is 21.6 Å². The molecule has 8 heteroatoms. The van der Waals surface area contributed by atoms with Gasteiger partial charge in [-0.15, -0.1) is 0 Å². The average Bonchev–Trinajstić information content (AvgIpc) is 3.18. The number of ether oxygens (including phenoxy) is 1. The number of phenolic OH excluding ortho intramolecular Hbond substituents is 1. The minimum Gasteiger partial charge on any atom is -0.506 e. The number of methoxy groups -OCH3 is 1. The Labute approximate surface area is 167 Å². The van der Waals surface area contributed by atoms with Gasteiger partial charge in [0.05, 0.1) is 24.0 Å². The van der Waals surface area contributed by atoms with Crippen molar-refractivity contribution in [2.45, 2.75) is 17.6 Å². The van der Waals surface area contributed by atoms with E-state index in [1.807, 2.05) is 0 Å². The molecule has 0 saturated heterocycles. The van der Waals surface area contributed by atoms with E-state index in [9.17, 15) is 23.1 Å². The molecule has 2 aromatic carbocycles. The van der Waals surface area contributed by atoms with Gasteiger partial charge in [-0.05, 0) is 29.8 Å². The van der Waals surface area contributed by atoms with Crippen LogP contribution in [0.5, 0.6) is 5.75 Å². The third-order valence-corrected chi connectivity index (χ3v) is 6.05. The number of aromatic hydroxyl groups is 1. The van der Waals surface area contributed by atoms with Gasteiger partial charge in [-0.1, -0.05) is 24.3 Å². The largest absolute Gasteiger partial charge is 0.506 e. The second kappa shape index (κ2) is 7.92. The molecule has 1 N–H and O–H groups in total. The Morgan fingerprint density at radius 3 is 2.38 bits per heavy atom. The Hall–Kier alpha value is -3.39. The summed E-state index contributed by atoms with van der Waals surface area (Å²) < 4.78 is 35.6. The summed E-state index contributed by atoms with van der Waals surface area (Å²) in [5, 5.41) is 10.8. The van der Waals surface area contributed by atoms with Crippen molar-refractivity contribution in [3.8, 4) is 16.9 Å². The van der Waals surface area contributed by atoms with E-state index in [1.165, 1.54) is 43.5 Å². The van der Waals surface area contributed by atoms with Gasteiger partial charge in [0.15, 0.2) is 21.4 Å². The lowest BCUT2D eigenvalue weighted by Gasteiger charge is -2.14. The minimum atomic E-state index is -3.76. The Morgan fingerprint density at radius 1 is 1.07 bits per heavy atom. The zero-order chi connectivity index (χ0) is 21.2. The Balaban J connectivity index is 2.22.